The van der Waals surface area contributed by atoms with Crippen LogP contribution in [0.2, 0.25) is 0 Å². The van der Waals surface area contributed by atoms with Crippen molar-refractivity contribution in [1.29, 1.82) is 0 Å². The van der Waals surface area contributed by atoms with Crippen LogP contribution in [0.1, 0.15) is 36.6 Å². The van der Waals surface area contributed by atoms with E-state index in [2.05, 4.69) is 29.0 Å². The third-order valence-electron chi connectivity index (χ3n) is 5.34. The highest BCUT2D eigenvalue weighted by molar-refractivity contribution is 7.11. The summed E-state index contributed by atoms with van der Waals surface area (Å²) in [5.74, 6) is 1.41. The Morgan fingerprint density at radius 1 is 1.25 bits per heavy atom. The van der Waals surface area contributed by atoms with E-state index in [1.807, 2.05) is 11.1 Å². The number of carbonyl (C=O) groups excluding carboxylic acids is 1. The summed E-state index contributed by atoms with van der Waals surface area (Å²) in [6.07, 6.45) is 5.69. The molecule has 1 N–H and O–H groups in total. The molecule has 3 rings (SSSR count). The van der Waals surface area contributed by atoms with Crippen molar-refractivity contribution in [3.8, 4) is 0 Å². The second-order valence-electron chi connectivity index (χ2n) is 7.26. The van der Waals surface area contributed by atoms with E-state index in [1.165, 1.54) is 4.88 Å². The second kappa shape index (κ2) is 10.8. The number of morpholine rings is 1. The minimum absolute atomic E-state index is 0.139. The fourth-order valence-corrected chi connectivity index (χ4v) is 4.54. The van der Waals surface area contributed by atoms with Gasteiger partial charge in [0.15, 0.2) is 5.96 Å². The van der Waals surface area contributed by atoms with Gasteiger partial charge in [-0.1, -0.05) is 6.92 Å². The third kappa shape index (κ3) is 5.67. The summed E-state index contributed by atoms with van der Waals surface area (Å²) in [7, 11) is 0. The maximum atomic E-state index is 12.7. The van der Waals surface area contributed by atoms with E-state index in [-0.39, 0.29) is 5.92 Å². The lowest BCUT2D eigenvalue weighted by molar-refractivity contribution is -0.140. The number of aromatic nitrogens is 1. The maximum Gasteiger partial charge on any atom is 0.225 e. The lowest BCUT2D eigenvalue weighted by atomic mass is 9.95. The molecule has 2 aliphatic rings. The van der Waals surface area contributed by atoms with Crippen LogP contribution in [0.3, 0.4) is 0 Å². The lowest BCUT2D eigenvalue weighted by Crippen LogP contribution is -2.50. The zero-order chi connectivity index (χ0) is 19.8. The first kappa shape index (κ1) is 21.0. The van der Waals surface area contributed by atoms with Gasteiger partial charge in [-0.05, 0) is 26.2 Å². The number of aryl methyl sites for hydroxylation is 1. The maximum absolute atomic E-state index is 12.7. The number of likely N-dealkylation sites (tertiary alicyclic amines) is 1. The van der Waals surface area contributed by atoms with Crippen molar-refractivity contribution in [1.82, 2.24) is 20.1 Å². The van der Waals surface area contributed by atoms with Gasteiger partial charge in [0.1, 0.15) is 0 Å². The molecule has 3 heterocycles. The Hall–Kier alpha value is -1.67. The van der Waals surface area contributed by atoms with E-state index in [9.17, 15) is 4.79 Å². The number of nitrogens with zero attached hydrogens (tertiary/aromatic N) is 4. The van der Waals surface area contributed by atoms with Gasteiger partial charge in [0, 0.05) is 62.7 Å². The van der Waals surface area contributed by atoms with Gasteiger partial charge in [-0.25, -0.2) is 4.98 Å². The Morgan fingerprint density at radius 2 is 2.00 bits per heavy atom. The monoisotopic (exact) mass is 407 g/mol. The van der Waals surface area contributed by atoms with Gasteiger partial charge < -0.3 is 19.9 Å². The van der Waals surface area contributed by atoms with Crippen LogP contribution in [0.4, 0.5) is 0 Å². The smallest absolute Gasteiger partial charge is 0.225 e. The lowest BCUT2D eigenvalue weighted by Gasteiger charge is -2.36. The normalized spacial score (nSPS) is 19.1. The third-order valence-corrected chi connectivity index (χ3v) is 6.54. The fourth-order valence-electron chi connectivity index (χ4n) is 3.69. The molecule has 28 heavy (non-hydrogen) atoms. The molecule has 0 aliphatic carbocycles. The number of carbonyl (C=O) groups is 1. The molecule has 0 saturated carbocycles. The minimum Gasteiger partial charge on any atom is -0.378 e. The van der Waals surface area contributed by atoms with Crippen LogP contribution in [0, 0.1) is 5.92 Å². The summed E-state index contributed by atoms with van der Waals surface area (Å²) in [6, 6.07) is 0. The van der Waals surface area contributed by atoms with Gasteiger partial charge in [0.25, 0.3) is 0 Å². The van der Waals surface area contributed by atoms with Crippen molar-refractivity contribution in [3.63, 3.8) is 0 Å². The molecule has 0 aromatic carbocycles. The molecule has 2 fully saturated rings. The van der Waals surface area contributed by atoms with Crippen LogP contribution in [0.25, 0.3) is 0 Å². The molecule has 0 atom stereocenters. The average Bonchev–Trinajstić information content (AvgIpc) is 3.21. The van der Waals surface area contributed by atoms with Gasteiger partial charge in [-0.2, -0.15) is 0 Å². The number of aliphatic imine (C=N–C) groups is 1. The number of hydrogen-bond donors (Lipinski definition) is 1. The molecule has 0 spiro atoms. The number of amides is 1. The zero-order valence-electron chi connectivity index (χ0n) is 17.2. The number of guanidine groups is 1. The summed E-state index contributed by atoms with van der Waals surface area (Å²) < 4.78 is 5.36. The van der Waals surface area contributed by atoms with E-state index in [0.717, 1.165) is 75.9 Å². The number of ether oxygens (including phenoxy) is 1. The van der Waals surface area contributed by atoms with Gasteiger partial charge in [-0.15, -0.1) is 11.3 Å². The topological polar surface area (TPSA) is 70.1 Å². The predicted molar refractivity (Wildman–Crippen MR) is 113 cm³/mol. The fraction of sp³-hybridized carbons (Fsp3) is 0.750. The highest BCUT2D eigenvalue weighted by atomic mass is 32.1. The molecule has 1 amide bonds. The molecule has 2 aliphatic heterocycles. The summed E-state index contributed by atoms with van der Waals surface area (Å²) in [4.78, 5) is 27.6. The molecule has 1 aromatic rings. The van der Waals surface area contributed by atoms with Crippen LogP contribution in [0.15, 0.2) is 11.2 Å². The van der Waals surface area contributed by atoms with Crippen LogP contribution >= 0.6 is 11.3 Å². The first-order valence-electron chi connectivity index (χ1n) is 10.5. The predicted octanol–water partition coefficient (Wildman–Crippen LogP) is 1.78. The minimum atomic E-state index is 0.139. The highest BCUT2D eigenvalue weighted by Crippen LogP contribution is 2.20. The Morgan fingerprint density at radius 3 is 2.64 bits per heavy atom. The van der Waals surface area contributed by atoms with Crippen molar-refractivity contribution in [2.45, 2.75) is 39.5 Å². The molecular formula is C20H33N5O2S. The van der Waals surface area contributed by atoms with Gasteiger partial charge in [0.2, 0.25) is 5.91 Å². The van der Waals surface area contributed by atoms with Gasteiger partial charge in [-0.3, -0.25) is 9.79 Å². The van der Waals surface area contributed by atoms with Crippen molar-refractivity contribution in [2.75, 3.05) is 52.5 Å². The summed E-state index contributed by atoms with van der Waals surface area (Å²) in [5.41, 5.74) is 0. The Bertz CT molecular complexity index is 649. The van der Waals surface area contributed by atoms with Crippen LogP contribution < -0.4 is 5.32 Å². The molecule has 1 aromatic heterocycles. The van der Waals surface area contributed by atoms with Crippen LogP contribution in [-0.2, 0) is 22.4 Å². The first-order chi connectivity index (χ1) is 13.7. The van der Waals surface area contributed by atoms with Gasteiger partial charge in [0.05, 0.1) is 18.2 Å². The number of nitrogens with one attached hydrogen (secondary N) is 1. The average molecular weight is 408 g/mol. The van der Waals surface area contributed by atoms with E-state index in [4.69, 9.17) is 9.73 Å². The first-order valence-corrected chi connectivity index (χ1v) is 11.4. The van der Waals surface area contributed by atoms with E-state index in [1.54, 1.807) is 11.3 Å². The SMILES string of the molecule is CCNC(=NCCc1ncc(CC)s1)N1CCC(C(=O)N2CCOCC2)CC1. The molecule has 7 nitrogen and oxygen atoms in total. The molecule has 0 bridgehead atoms. The molecule has 0 unspecified atom stereocenters. The zero-order valence-corrected chi connectivity index (χ0v) is 18.0. The highest BCUT2D eigenvalue weighted by Gasteiger charge is 2.30. The quantitative estimate of drug-likeness (QED) is 0.575. The van der Waals surface area contributed by atoms with Crippen molar-refractivity contribution >= 4 is 23.2 Å². The standard InChI is InChI=1S/C20H33N5O2S/c1-3-17-15-23-18(28-17)5-8-22-20(21-4-2)25-9-6-16(7-10-25)19(26)24-11-13-27-14-12-24/h15-16H,3-14H2,1-2H3,(H,21,22). The van der Waals surface area contributed by atoms with Gasteiger partial charge >= 0.3 is 0 Å². The van der Waals surface area contributed by atoms with Crippen LogP contribution in [0.5, 0.6) is 0 Å². The summed E-state index contributed by atoms with van der Waals surface area (Å²) in [5, 5.41) is 4.57. The molecule has 156 valence electrons. The van der Waals surface area contributed by atoms with E-state index in [0.29, 0.717) is 19.1 Å². The summed E-state index contributed by atoms with van der Waals surface area (Å²) in [6.45, 7) is 10.4. The number of hydrogen-bond acceptors (Lipinski definition) is 5. The van der Waals surface area contributed by atoms with E-state index < -0.39 is 0 Å². The van der Waals surface area contributed by atoms with E-state index >= 15 is 0 Å². The summed E-state index contributed by atoms with van der Waals surface area (Å²) >= 11 is 1.79. The number of piperidine rings is 1. The van der Waals surface area contributed by atoms with Crippen molar-refractivity contribution in [2.24, 2.45) is 10.9 Å². The Labute approximate surface area is 172 Å². The van der Waals surface area contributed by atoms with Crippen LogP contribution in [-0.4, -0.2) is 79.1 Å². The Balaban J connectivity index is 1.49. The molecular weight excluding hydrogens is 374 g/mol. The number of rotatable bonds is 6. The van der Waals surface area contributed by atoms with Crippen molar-refractivity contribution in [3.05, 3.63) is 16.1 Å². The molecule has 0 radical (unpaired) electrons. The molecule has 8 heteroatoms. The molecule has 2 saturated heterocycles. The van der Waals surface area contributed by atoms with Crippen molar-refractivity contribution < 1.29 is 9.53 Å². The largest absolute Gasteiger partial charge is 0.378 e. The second-order valence-corrected chi connectivity index (χ2v) is 8.46. The Kier molecular flexibility index (Phi) is 8.09. The number of thiazole rings is 1.